The van der Waals surface area contributed by atoms with Crippen LogP contribution in [0.3, 0.4) is 0 Å². The summed E-state index contributed by atoms with van der Waals surface area (Å²) >= 11 is 0. The van der Waals surface area contributed by atoms with E-state index in [-0.39, 0.29) is 19.5 Å². The number of anilines is 1. The van der Waals surface area contributed by atoms with Crippen molar-refractivity contribution in [3.8, 4) is 0 Å². The van der Waals surface area contributed by atoms with Crippen LogP contribution in [-0.2, 0) is 19.5 Å². The van der Waals surface area contributed by atoms with Crippen LogP contribution in [-0.4, -0.2) is 18.1 Å². The summed E-state index contributed by atoms with van der Waals surface area (Å²) in [6, 6.07) is 8.84. The summed E-state index contributed by atoms with van der Waals surface area (Å²) < 4.78 is 59.2. The number of benzene rings is 1. The molecule has 0 amide bonds. The summed E-state index contributed by atoms with van der Waals surface area (Å²) in [7, 11) is -10.7. The van der Waals surface area contributed by atoms with Gasteiger partial charge < -0.3 is 9.88 Å². The van der Waals surface area contributed by atoms with Gasteiger partial charge in [0.05, 0.1) is 0 Å². The normalized spacial score (nSPS) is 18.1. The number of fused-ring (bicyclic) bond motifs is 1. The zero-order chi connectivity index (χ0) is 20.0. The third-order valence-corrected chi connectivity index (χ3v) is 3.81. The number of rotatable bonds is 1. The van der Waals surface area contributed by atoms with Gasteiger partial charge >= 0.3 is 52.5 Å². The number of aromatic nitrogens is 1. The standard InChI is InChI=1S/C13H16N2.C5H5.F6P.Ru/c1-2-8-15(9-3-1)12-4-5-13-11(10-12)6-7-14-13;1-2-4-5-3-1;1-7(2,3,4,5)6;/h4-7,10,14H,1-3,8-9H2;1-5H;;/q;;-1;+1. The number of allylic oxidation sites excluding steroid dienone is 4. The Kier molecular flexibility index (Phi) is 7.94. The second-order valence-electron chi connectivity index (χ2n) is 6.22. The number of nitrogens with zero attached hydrogens (tertiary/aromatic N) is 1. The van der Waals surface area contributed by atoms with E-state index in [4.69, 9.17) is 0 Å². The molecule has 0 saturated carbocycles. The van der Waals surface area contributed by atoms with E-state index in [0.717, 1.165) is 0 Å². The molecule has 0 bridgehead atoms. The molecule has 1 aromatic carbocycles. The molecule has 1 fully saturated rings. The molecule has 2 nitrogen and oxygen atoms in total. The van der Waals surface area contributed by atoms with Gasteiger partial charge in [-0.1, -0.05) is 24.3 Å². The average Bonchev–Trinajstić information content (AvgIpc) is 3.26. The average molecular weight is 511 g/mol. The van der Waals surface area contributed by atoms with Crippen LogP contribution in [0.5, 0.6) is 0 Å². The fourth-order valence-electron chi connectivity index (χ4n) is 2.71. The maximum Gasteiger partial charge on any atom is 1.00 e. The second kappa shape index (κ2) is 9.00. The Bertz CT molecular complexity index is 787. The van der Waals surface area contributed by atoms with E-state index in [9.17, 15) is 25.2 Å². The quantitative estimate of drug-likeness (QED) is 0.235. The first-order valence-electron chi connectivity index (χ1n) is 8.44. The summed E-state index contributed by atoms with van der Waals surface area (Å²) in [5, 5.41) is 1.32. The van der Waals surface area contributed by atoms with E-state index >= 15 is 0 Å². The van der Waals surface area contributed by atoms with Crippen LogP contribution in [0, 0.1) is 6.42 Å². The number of aromatic amines is 1. The molecule has 0 atom stereocenters. The molecule has 1 N–H and O–H groups in total. The number of H-pyrrole nitrogens is 1. The van der Waals surface area contributed by atoms with E-state index in [1.807, 2.05) is 36.9 Å². The minimum atomic E-state index is -10.7. The minimum absolute atomic E-state index is 0. The van der Waals surface area contributed by atoms with E-state index in [1.54, 1.807) is 0 Å². The third kappa shape index (κ3) is 11.5. The van der Waals surface area contributed by atoms with Crippen molar-refractivity contribution in [1.82, 2.24) is 4.98 Å². The summed E-state index contributed by atoms with van der Waals surface area (Å²) in [6.07, 6.45) is 16.1. The number of nitrogens with one attached hydrogen (secondary N) is 1. The largest absolute Gasteiger partial charge is 1.00 e. The molecule has 1 saturated heterocycles. The molecule has 28 heavy (non-hydrogen) atoms. The fourth-order valence-corrected chi connectivity index (χ4v) is 2.71. The van der Waals surface area contributed by atoms with Gasteiger partial charge in [0.2, 0.25) is 0 Å². The van der Waals surface area contributed by atoms with Gasteiger partial charge in [-0.3, -0.25) is 0 Å². The van der Waals surface area contributed by atoms with Crippen molar-refractivity contribution in [2.24, 2.45) is 0 Å². The van der Waals surface area contributed by atoms with Crippen LogP contribution >= 0.6 is 7.81 Å². The van der Waals surface area contributed by atoms with E-state index in [1.165, 1.54) is 48.9 Å². The SMILES string of the molecule is F[P-](F)(F)(F)(F)F.[CH]1C=CC=C1.[Ru+].c1cc2cc(N3CCCCC3)ccc2[nH]1. The Morgan fingerprint density at radius 3 is 1.86 bits per heavy atom. The minimum Gasteiger partial charge on any atom is -0.372 e. The van der Waals surface area contributed by atoms with Crippen LogP contribution in [0.1, 0.15) is 19.3 Å². The monoisotopic (exact) mass is 512 g/mol. The third-order valence-electron chi connectivity index (χ3n) is 3.81. The Hall–Kier alpha value is -1.33. The fraction of sp³-hybridized carbons (Fsp3) is 0.278. The maximum atomic E-state index is 9.87. The van der Waals surface area contributed by atoms with E-state index < -0.39 is 7.81 Å². The molecule has 2 aromatic rings. The molecule has 0 unspecified atom stereocenters. The smallest absolute Gasteiger partial charge is 0.372 e. The van der Waals surface area contributed by atoms with Gasteiger partial charge in [0, 0.05) is 42.3 Å². The second-order valence-corrected chi connectivity index (χ2v) is 8.13. The molecule has 1 aromatic heterocycles. The molecular weight excluding hydrogens is 490 g/mol. The van der Waals surface area contributed by atoms with Crippen LogP contribution in [0.25, 0.3) is 10.9 Å². The van der Waals surface area contributed by atoms with Gasteiger partial charge in [-0.15, -0.1) is 0 Å². The first kappa shape index (κ1) is 24.7. The van der Waals surface area contributed by atoms with Crippen molar-refractivity contribution in [2.45, 2.75) is 19.3 Å². The van der Waals surface area contributed by atoms with Gasteiger partial charge in [-0.25, -0.2) is 0 Å². The molecule has 158 valence electrons. The predicted octanol–water partition coefficient (Wildman–Crippen LogP) is 7.85. The van der Waals surface area contributed by atoms with E-state index in [2.05, 4.69) is 34.1 Å². The number of halogens is 6. The molecule has 0 spiro atoms. The van der Waals surface area contributed by atoms with Crippen LogP contribution < -0.4 is 4.90 Å². The van der Waals surface area contributed by atoms with E-state index in [0.29, 0.717) is 0 Å². The van der Waals surface area contributed by atoms with Crippen LogP contribution in [0.2, 0.25) is 0 Å². The number of hydrogen-bond donors (Lipinski definition) is 1. The molecule has 2 heterocycles. The summed E-state index contributed by atoms with van der Waals surface area (Å²) in [4.78, 5) is 5.73. The Labute approximate surface area is 172 Å². The Morgan fingerprint density at radius 2 is 1.36 bits per heavy atom. The Morgan fingerprint density at radius 1 is 0.786 bits per heavy atom. The molecule has 1 aliphatic carbocycles. The van der Waals surface area contributed by atoms with Gasteiger partial charge in [0.25, 0.3) is 0 Å². The van der Waals surface area contributed by atoms with Gasteiger partial charge in [0.1, 0.15) is 0 Å². The molecule has 2 radical (unpaired) electrons. The zero-order valence-electron chi connectivity index (χ0n) is 14.8. The summed E-state index contributed by atoms with van der Waals surface area (Å²) in [5.41, 5.74) is 2.61. The first-order valence-corrected chi connectivity index (χ1v) is 10.5. The molecule has 4 rings (SSSR count). The molecule has 10 heteroatoms. The van der Waals surface area contributed by atoms with Crippen LogP contribution in [0.15, 0.2) is 54.8 Å². The molecule has 2 aliphatic rings. The van der Waals surface area contributed by atoms with Gasteiger partial charge in [-0.2, -0.15) is 0 Å². The molecular formula is C18H21F6N2PRu. The van der Waals surface area contributed by atoms with Gasteiger partial charge in [-0.05, 0) is 43.5 Å². The van der Waals surface area contributed by atoms with Crippen molar-refractivity contribution < 1.29 is 44.7 Å². The maximum absolute atomic E-state index is 10.7. The van der Waals surface area contributed by atoms with Crippen LogP contribution in [0.4, 0.5) is 30.9 Å². The summed E-state index contributed by atoms with van der Waals surface area (Å²) in [6.45, 7) is 2.44. The van der Waals surface area contributed by atoms with Crippen molar-refractivity contribution in [3.63, 3.8) is 0 Å². The number of hydrogen-bond acceptors (Lipinski definition) is 1. The predicted molar refractivity (Wildman–Crippen MR) is 101 cm³/mol. The Balaban J connectivity index is 0.000000254. The van der Waals surface area contributed by atoms with Crippen molar-refractivity contribution in [1.29, 1.82) is 0 Å². The molecule has 1 aliphatic heterocycles. The topological polar surface area (TPSA) is 19.0 Å². The van der Waals surface area contributed by atoms with Crippen molar-refractivity contribution in [3.05, 3.63) is 61.2 Å². The zero-order valence-corrected chi connectivity index (χ0v) is 17.5. The number of piperidine rings is 1. The first-order chi connectivity index (χ1) is 12.4. The van der Waals surface area contributed by atoms with Crippen molar-refractivity contribution >= 4 is 24.4 Å². The van der Waals surface area contributed by atoms with Gasteiger partial charge in [0.15, 0.2) is 0 Å². The van der Waals surface area contributed by atoms with Crippen molar-refractivity contribution in [2.75, 3.05) is 18.0 Å². The summed E-state index contributed by atoms with van der Waals surface area (Å²) in [5.74, 6) is 0.